The van der Waals surface area contributed by atoms with Crippen LogP contribution < -0.4 is 4.90 Å². The molecule has 2 rings (SSSR count). The van der Waals surface area contributed by atoms with Gasteiger partial charge in [0.2, 0.25) is 5.91 Å². The van der Waals surface area contributed by atoms with E-state index in [1.54, 1.807) is 11.1 Å². The predicted molar refractivity (Wildman–Crippen MR) is 63.3 cm³/mol. The van der Waals surface area contributed by atoms with Gasteiger partial charge in [0.05, 0.1) is 11.1 Å². The third kappa shape index (κ3) is 2.01. The van der Waals surface area contributed by atoms with Crippen molar-refractivity contribution in [1.82, 2.24) is 4.98 Å². The molecule has 0 spiro atoms. The maximum atomic E-state index is 11.7. The Morgan fingerprint density at radius 2 is 2.40 bits per heavy atom. The smallest absolute Gasteiger partial charge is 0.228 e. The van der Waals surface area contributed by atoms with E-state index < -0.39 is 0 Å². The molecular weight excluding hydrogens is 279 g/mol. The number of carbonyl (C=O) groups excluding carboxylic acids is 1. The van der Waals surface area contributed by atoms with Crippen LogP contribution in [0.3, 0.4) is 0 Å². The standard InChI is InChI=1S/C10H10BrClN2O/c1-6-2-3-13-10(11)9(6)14-5-7(12)4-8(14)15/h2-3,7H,4-5H2,1H3. The van der Waals surface area contributed by atoms with Crippen molar-refractivity contribution < 1.29 is 4.79 Å². The zero-order chi connectivity index (χ0) is 11.0. The summed E-state index contributed by atoms with van der Waals surface area (Å²) in [5.74, 6) is 0.0619. The van der Waals surface area contributed by atoms with Gasteiger partial charge in [0.1, 0.15) is 4.60 Å². The summed E-state index contributed by atoms with van der Waals surface area (Å²) in [6.45, 7) is 2.52. The van der Waals surface area contributed by atoms with Gasteiger partial charge in [-0.2, -0.15) is 0 Å². The Labute approximate surface area is 102 Å². The quantitative estimate of drug-likeness (QED) is 0.588. The summed E-state index contributed by atoms with van der Waals surface area (Å²) in [5.41, 5.74) is 1.86. The Hall–Kier alpha value is -0.610. The molecule has 1 unspecified atom stereocenters. The van der Waals surface area contributed by atoms with E-state index in [0.717, 1.165) is 11.3 Å². The van der Waals surface area contributed by atoms with Crippen LogP contribution in [0.15, 0.2) is 16.9 Å². The molecule has 0 saturated carbocycles. The molecule has 5 heteroatoms. The first kappa shape index (κ1) is 10.9. The monoisotopic (exact) mass is 288 g/mol. The normalized spacial score (nSPS) is 21.1. The van der Waals surface area contributed by atoms with Crippen molar-refractivity contribution in [3.63, 3.8) is 0 Å². The first-order chi connectivity index (χ1) is 7.09. The fourth-order valence-corrected chi connectivity index (χ4v) is 2.64. The molecule has 80 valence electrons. The lowest BCUT2D eigenvalue weighted by molar-refractivity contribution is -0.117. The first-order valence-corrected chi connectivity index (χ1v) is 5.88. The van der Waals surface area contributed by atoms with Crippen molar-refractivity contribution in [3.8, 4) is 0 Å². The molecule has 1 aromatic rings. The van der Waals surface area contributed by atoms with E-state index in [1.807, 2.05) is 13.0 Å². The molecule has 0 N–H and O–H groups in total. The SMILES string of the molecule is Cc1ccnc(Br)c1N1CC(Cl)CC1=O. The highest BCUT2D eigenvalue weighted by atomic mass is 79.9. The lowest BCUT2D eigenvalue weighted by Gasteiger charge is -2.19. The number of nitrogens with zero attached hydrogens (tertiary/aromatic N) is 2. The minimum atomic E-state index is -0.0935. The molecular formula is C10H10BrClN2O. The van der Waals surface area contributed by atoms with Gasteiger partial charge in [0.25, 0.3) is 0 Å². The van der Waals surface area contributed by atoms with Crippen molar-refractivity contribution in [2.75, 3.05) is 11.4 Å². The molecule has 2 heterocycles. The van der Waals surface area contributed by atoms with Gasteiger partial charge in [-0.15, -0.1) is 11.6 Å². The second-order valence-corrected chi connectivity index (χ2v) is 4.94. The molecule has 15 heavy (non-hydrogen) atoms. The molecule has 0 aromatic carbocycles. The third-order valence-electron chi connectivity index (χ3n) is 2.43. The largest absolute Gasteiger partial charge is 0.308 e. The van der Waals surface area contributed by atoms with Gasteiger partial charge in [-0.05, 0) is 34.5 Å². The van der Waals surface area contributed by atoms with Crippen LogP contribution in [0.5, 0.6) is 0 Å². The van der Waals surface area contributed by atoms with Gasteiger partial charge in [-0.25, -0.2) is 4.98 Å². The maximum Gasteiger partial charge on any atom is 0.228 e. The summed E-state index contributed by atoms with van der Waals surface area (Å²) in [4.78, 5) is 17.5. The second-order valence-electron chi connectivity index (χ2n) is 3.57. The molecule has 0 radical (unpaired) electrons. The van der Waals surface area contributed by atoms with Crippen LogP contribution in [-0.2, 0) is 4.79 Å². The van der Waals surface area contributed by atoms with Crippen LogP contribution in [0, 0.1) is 6.92 Å². The number of anilines is 1. The van der Waals surface area contributed by atoms with Crippen LogP contribution in [0.2, 0.25) is 0 Å². The third-order valence-corrected chi connectivity index (χ3v) is 3.30. The topological polar surface area (TPSA) is 33.2 Å². The summed E-state index contributed by atoms with van der Waals surface area (Å²) < 4.78 is 0.696. The lowest BCUT2D eigenvalue weighted by atomic mass is 10.2. The Balaban J connectivity index is 2.41. The van der Waals surface area contributed by atoms with Crippen molar-refractivity contribution in [1.29, 1.82) is 0 Å². The number of halogens is 2. The van der Waals surface area contributed by atoms with Crippen LogP contribution in [0.25, 0.3) is 0 Å². The van der Waals surface area contributed by atoms with E-state index in [0.29, 0.717) is 17.6 Å². The summed E-state index contributed by atoms with van der Waals surface area (Å²) in [7, 11) is 0. The number of pyridine rings is 1. The van der Waals surface area contributed by atoms with E-state index in [4.69, 9.17) is 11.6 Å². The van der Waals surface area contributed by atoms with Crippen LogP contribution >= 0.6 is 27.5 Å². The van der Waals surface area contributed by atoms with Crippen molar-refractivity contribution in [3.05, 3.63) is 22.4 Å². The summed E-state index contributed by atoms with van der Waals surface area (Å²) in [6.07, 6.45) is 2.12. The van der Waals surface area contributed by atoms with E-state index in [2.05, 4.69) is 20.9 Å². The number of amides is 1. The molecule has 1 atom stereocenters. The van der Waals surface area contributed by atoms with E-state index in [-0.39, 0.29) is 11.3 Å². The van der Waals surface area contributed by atoms with Crippen LogP contribution in [0.4, 0.5) is 5.69 Å². The Kier molecular flexibility index (Phi) is 2.98. The number of carbonyl (C=O) groups is 1. The van der Waals surface area contributed by atoms with Crippen molar-refractivity contribution >= 4 is 39.1 Å². The zero-order valence-electron chi connectivity index (χ0n) is 8.20. The number of rotatable bonds is 1. The number of hydrogen-bond acceptors (Lipinski definition) is 2. The Bertz CT molecular complexity index is 390. The number of aryl methyl sites for hydroxylation is 1. The van der Waals surface area contributed by atoms with Crippen molar-refractivity contribution in [2.45, 2.75) is 18.7 Å². The van der Waals surface area contributed by atoms with Gasteiger partial charge in [0.15, 0.2) is 0 Å². The van der Waals surface area contributed by atoms with Crippen LogP contribution in [-0.4, -0.2) is 22.8 Å². The minimum Gasteiger partial charge on any atom is -0.308 e. The summed E-state index contributed by atoms with van der Waals surface area (Å²) in [5, 5.41) is -0.0935. The van der Waals surface area contributed by atoms with E-state index in [1.165, 1.54) is 0 Å². The highest BCUT2D eigenvalue weighted by molar-refractivity contribution is 9.10. The lowest BCUT2D eigenvalue weighted by Crippen LogP contribution is -2.26. The van der Waals surface area contributed by atoms with Gasteiger partial charge >= 0.3 is 0 Å². The maximum absolute atomic E-state index is 11.7. The predicted octanol–water partition coefficient (Wildman–Crippen LogP) is 2.50. The summed E-state index contributed by atoms with van der Waals surface area (Å²) >= 11 is 9.31. The molecule has 1 aliphatic heterocycles. The van der Waals surface area contributed by atoms with Gasteiger partial charge in [0, 0.05) is 19.2 Å². The number of aromatic nitrogens is 1. The first-order valence-electron chi connectivity index (χ1n) is 4.65. The Morgan fingerprint density at radius 1 is 1.67 bits per heavy atom. The molecule has 1 saturated heterocycles. The van der Waals surface area contributed by atoms with Crippen molar-refractivity contribution in [2.24, 2.45) is 0 Å². The fourth-order valence-electron chi connectivity index (χ4n) is 1.72. The molecule has 1 fully saturated rings. The molecule has 0 bridgehead atoms. The van der Waals surface area contributed by atoms with Gasteiger partial charge in [-0.1, -0.05) is 0 Å². The molecule has 1 aliphatic rings. The zero-order valence-corrected chi connectivity index (χ0v) is 10.5. The van der Waals surface area contributed by atoms with E-state index in [9.17, 15) is 4.79 Å². The second kappa shape index (κ2) is 4.10. The highest BCUT2D eigenvalue weighted by Crippen LogP contribution is 2.32. The van der Waals surface area contributed by atoms with E-state index >= 15 is 0 Å². The minimum absolute atomic E-state index is 0.0619. The summed E-state index contributed by atoms with van der Waals surface area (Å²) in [6, 6.07) is 1.88. The molecule has 3 nitrogen and oxygen atoms in total. The van der Waals surface area contributed by atoms with Crippen LogP contribution in [0.1, 0.15) is 12.0 Å². The molecule has 1 amide bonds. The van der Waals surface area contributed by atoms with Gasteiger partial charge in [-0.3, -0.25) is 4.79 Å². The number of alkyl halides is 1. The Morgan fingerprint density at radius 3 is 2.93 bits per heavy atom. The average Bonchev–Trinajstić information content (AvgIpc) is 2.45. The average molecular weight is 290 g/mol. The fraction of sp³-hybridized carbons (Fsp3) is 0.400. The van der Waals surface area contributed by atoms with Gasteiger partial charge < -0.3 is 4.90 Å². The highest BCUT2D eigenvalue weighted by Gasteiger charge is 2.31. The molecule has 1 aromatic heterocycles. The number of hydrogen-bond donors (Lipinski definition) is 0. The molecule has 0 aliphatic carbocycles.